The van der Waals surface area contributed by atoms with Gasteiger partial charge < -0.3 is 9.73 Å². The average Bonchev–Trinajstić information content (AvgIpc) is 3.33. The van der Waals surface area contributed by atoms with Crippen molar-refractivity contribution in [1.82, 2.24) is 14.0 Å². The van der Waals surface area contributed by atoms with E-state index < -0.39 is 16.1 Å². The monoisotopic (exact) mass is 390 g/mol. The van der Waals surface area contributed by atoms with Gasteiger partial charge in [0, 0.05) is 19.8 Å². The number of nitrogens with zero attached hydrogens (tertiary/aromatic N) is 2. The Labute approximate surface area is 158 Å². The van der Waals surface area contributed by atoms with E-state index in [0.29, 0.717) is 0 Å². The van der Waals surface area contributed by atoms with Crippen LogP contribution in [-0.4, -0.2) is 37.7 Å². The van der Waals surface area contributed by atoms with Gasteiger partial charge in [-0.05, 0) is 60.8 Å². The lowest BCUT2D eigenvalue weighted by atomic mass is 9.99. The first-order chi connectivity index (χ1) is 12.8. The Balaban J connectivity index is 1.59. The van der Waals surface area contributed by atoms with Crippen molar-refractivity contribution in [3.8, 4) is 0 Å². The predicted octanol–water partition coefficient (Wildman–Crippen LogP) is 1.93. The third-order valence-electron chi connectivity index (χ3n) is 5.14. The van der Waals surface area contributed by atoms with Crippen LogP contribution in [0.5, 0.6) is 0 Å². The molecular weight excluding hydrogens is 368 g/mol. The molecule has 2 aliphatic carbocycles. The van der Waals surface area contributed by atoms with Crippen LogP contribution in [0.4, 0.5) is 11.7 Å². The second-order valence-electron chi connectivity index (χ2n) is 7.11. The van der Waals surface area contributed by atoms with Crippen molar-refractivity contribution < 1.29 is 17.6 Å². The van der Waals surface area contributed by atoms with E-state index in [2.05, 4.69) is 16.4 Å². The summed E-state index contributed by atoms with van der Waals surface area (Å²) in [6, 6.07) is 2.52. The summed E-state index contributed by atoms with van der Waals surface area (Å²) in [7, 11) is -1.22. The van der Waals surface area contributed by atoms with E-state index >= 15 is 0 Å². The topological polar surface area (TPSA) is 105 Å². The lowest BCUT2D eigenvalue weighted by Crippen LogP contribution is -2.39. The van der Waals surface area contributed by atoms with Gasteiger partial charge in [-0.2, -0.15) is 12.7 Å². The van der Waals surface area contributed by atoms with E-state index in [1.54, 1.807) is 0 Å². The molecule has 1 heterocycles. The number of carbonyl (C=O) groups is 1. The number of aromatic nitrogens is 1. The number of amides is 1. The number of hydrogen-bond acceptors (Lipinski definition) is 6. The molecular formula is C18H22N4O4S. The smallest absolute Gasteiger partial charge is 0.303 e. The van der Waals surface area contributed by atoms with Gasteiger partial charge in [-0.1, -0.05) is 6.07 Å². The maximum Gasteiger partial charge on any atom is 0.303 e. The molecule has 1 aromatic carbocycles. The van der Waals surface area contributed by atoms with Crippen LogP contribution < -0.4 is 10.0 Å². The fraction of sp³-hybridized carbons (Fsp3) is 0.444. The van der Waals surface area contributed by atoms with Crippen LogP contribution >= 0.6 is 0 Å². The summed E-state index contributed by atoms with van der Waals surface area (Å²) in [5.74, 6) is -1.01. The maximum absolute atomic E-state index is 12.1. The van der Waals surface area contributed by atoms with Gasteiger partial charge in [0.2, 0.25) is 5.76 Å². The zero-order chi connectivity index (χ0) is 19.2. The average molecular weight is 390 g/mol. The van der Waals surface area contributed by atoms with Crippen molar-refractivity contribution in [2.75, 3.05) is 19.4 Å². The molecule has 2 aliphatic rings. The molecule has 1 aromatic heterocycles. The van der Waals surface area contributed by atoms with E-state index in [-0.39, 0.29) is 11.8 Å². The Morgan fingerprint density at radius 1 is 1.11 bits per heavy atom. The summed E-state index contributed by atoms with van der Waals surface area (Å²) in [6.07, 6.45) is 7.69. The van der Waals surface area contributed by atoms with Crippen molar-refractivity contribution in [3.05, 3.63) is 40.3 Å². The van der Waals surface area contributed by atoms with E-state index in [0.717, 1.165) is 48.5 Å². The molecule has 144 valence electrons. The fourth-order valence-electron chi connectivity index (χ4n) is 3.77. The molecule has 9 heteroatoms. The summed E-state index contributed by atoms with van der Waals surface area (Å²) in [5.41, 5.74) is 6.40. The fourth-order valence-corrected chi connectivity index (χ4v) is 4.29. The molecule has 2 aromatic rings. The molecule has 0 aliphatic heterocycles. The van der Waals surface area contributed by atoms with E-state index in [1.165, 1.54) is 42.5 Å². The van der Waals surface area contributed by atoms with Gasteiger partial charge in [-0.15, -0.1) is 0 Å². The van der Waals surface area contributed by atoms with Crippen LogP contribution in [0.1, 0.15) is 45.7 Å². The van der Waals surface area contributed by atoms with Crippen LogP contribution in [0, 0.1) is 0 Å². The van der Waals surface area contributed by atoms with Crippen LogP contribution in [0.2, 0.25) is 0 Å². The van der Waals surface area contributed by atoms with Crippen molar-refractivity contribution in [3.63, 3.8) is 0 Å². The first-order valence-electron chi connectivity index (χ1n) is 8.99. The lowest BCUT2D eigenvalue weighted by Gasteiger charge is -2.15. The Kier molecular flexibility index (Phi) is 4.43. The molecule has 0 saturated heterocycles. The van der Waals surface area contributed by atoms with Crippen LogP contribution in [0.25, 0.3) is 0 Å². The number of oxazole rings is 1. The SMILES string of the molecule is CN(C)S(=O)(=O)NC(=O)c1cnc(Nc2c3c(cc4c2CCC4)CCC3)o1. The molecule has 0 unspecified atom stereocenters. The number of fused-ring (bicyclic) bond motifs is 2. The summed E-state index contributed by atoms with van der Waals surface area (Å²) in [4.78, 5) is 16.2. The molecule has 8 nitrogen and oxygen atoms in total. The minimum atomic E-state index is -3.89. The number of rotatable bonds is 5. The number of carbonyl (C=O) groups excluding carboxylic acids is 1. The van der Waals surface area contributed by atoms with Crippen LogP contribution in [0.15, 0.2) is 16.7 Å². The van der Waals surface area contributed by atoms with Gasteiger partial charge >= 0.3 is 16.1 Å². The Morgan fingerprint density at radius 2 is 1.74 bits per heavy atom. The predicted molar refractivity (Wildman–Crippen MR) is 100 cm³/mol. The molecule has 2 N–H and O–H groups in total. The van der Waals surface area contributed by atoms with Crippen molar-refractivity contribution in [2.45, 2.75) is 38.5 Å². The lowest BCUT2D eigenvalue weighted by molar-refractivity contribution is 0.0953. The summed E-state index contributed by atoms with van der Waals surface area (Å²) < 4.78 is 31.9. The van der Waals surface area contributed by atoms with Crippen molar-refractivity contribution in [2.24, 2.45) is 0 Å². The third-order valence-corrected chi connectivity index (χ3v) is 6.54. The number of aryl methyl sites for hydroxylation is 2. The molecule has 0 atom stereocenters. The van der Waals surface area contributed by atoms with Gasteiger partial charge in [-0.25, -0.2) is 9.71 Å². The third kappa shape index (κ3) is 3.32. The summed E-state index contributed by atoms with van der Waals surface area (Å²) in [5, 5.41) is 3.25. The quantitative estimate of drug-likeness (QED) is 0.808. The number of benzene rings is 1. The van der Waals surface area contributed by atoms with Crippen molar-refractivity contribution >= 4 is 27.8 Å². The van der Waals surface area contributed by atoms with Gasteiger partial charge in [0.25, 0.3) is 6.01 Å². The van der Waals surface area contributed by atoms with Crippen molar-refractivity contribution in [1.29, 1.82) is 0 Å². The molecule has 4 rings (SSSR count). The Morgan fingerprint density at radius 3 is 2.33 bits per heavy atom. The molecule has 0 saturated carbocycles. The molecule has 0 radical (unpaired) electrons. The number of anilines is 2. The Hall–Kier alpha value is -2.39. The first-order valence-corrected chi connectivity index (χ1v) is 10.4. The van der Waals surface area contributed by atoms with Crippen LogP contribution in [-0.2, 0) is 35.9 Å². The molecule has 1 amide bonds. The highest BCUT2D eigenvalue weighted by molar-refractivity contribution is 7.87. The van der Waals surface area contributed by atoms with Gasteiger partial charge in [0.1, 0.15) is 0 Å². The molecule has 27 heavy (non-hydrogen) atoms. The summed E-state index contributed by atoms with van der Waals surface area (Å²) in [6.45, 7) is 0. The minimum Gasteiger partial charge on any atom is -0.418 e. The van der Waals surface area contributed by atoms with E-state index in [4.69, 9.17) is 4.42 Å². The maximum atomic E-state index is 12.1. The minimum absolute atomic E-state index is 0.160. The van der Waals surface area contributed by atoms with E-state index in [1.807, 2.05) is 4.72 Å². The standard InChI is InChI=1S/C18H22N4O4S/c1-22(2)27(24,25)21-17(23)15-10-19-18(26-15)20-16-13-7-3-5-11(13)9-12-6-4-8-14(12)16/h9-10H,3-8H2,1-2H3,(H,19,20)(H,21,23). The largest absolute Gasteiger partial charge is 0.418 e. The molecule has 0 fully saturated rings. The number of hydrogen-bond donors (Lipinski definition) is 2. The second-order valence-corrected chi connectivity index (χ2v) is 8.99. The highest BCUT2D eigenvalue weighted by atomic mass is 32.2. The normalized spacial score (nSPS) is 15.7. The Bertz CT molecular complexity index is 978. The van der Waals surface area contributed by atoms with Crippen LogP contribution in [0.3, 0.4) is 0 Å². The highest BCUT2D eigenvalue weighted by Crippen LogP contribution is 2.39. The first kappa shape index (κ1) is 18.0. The second kappa shape index (κ2) is 6.65. The highest BCUT2D eigenvalue weighted by Gasteiger charge is 2.26. The molecule has 0 bridgehead atoms. The zero-order valence-electron chi connectivity index (χ0n) is 15.3. The van der Waals surface area contributed by atoms with Gasteiger partial charge in [-0.3, -0.25) is 4.79 Å². The zero-order valence-corrected chi connectivity index (χ0v) is 16.1. The number of nitrogens with one attached hydrogen (secondary N) is 2. The van der Waals surface area contributed by atoms with Gasteiger partial charge in [0.05, 0.1) is 6.20 Å². The van der Waals surface area contributed by atoms with E-state index in [9.17, 15) is 13.2 Å². The molecule has 0 spiro atoms. The summed E-state index contributed by atoms with van der Waals surface area (Å²) >= 11 is 0. The van der Waals surface area contributed by atoms with Gasteiger partial charge in [0.15, 0.2) is 0 Å².